The molecule has 0 bridgehead atoms. The molecule has 2 heterocycles. The van der Waals surface area contributed by atoms with Crippen molar-refractivity contribution >= 4 is 34.7 Å². The summed E-state index contributed by atoms with van der Waals surface area (Å²) in [6, 6.07) is 15.8. The normalized spacial score (nSPS) is 14.3. The fourth-order valence-electron chi connectivity index (χ4n) is 4.43. The number of nitrogens with zero attached hydrogens (tertiary/aromatic N) is 4. The number of benzene rings is 2. The van der Waals surface area contributed by atoms with Gasteiger partial charge in [-0.1, -0.05) is 49.4 Å². The van der Waals surface area contributed by atoms with Crippen molar-refractivity contribution in [2.75, 3.05) is 56.4 Å². The molecule has 1 saturated heterocycles. The first-order valence-electron chi connectivity index (χ1n) is 12.9. The molecule has 0 radical (unpaired) electrons. The van der Waals surface area contributed by atoms with Crippen molar-refractivity contribution in [2.45, 2.75) is 19.8 Å². The van der Waals surface area contributed by atoms with Gasteiger partial charge in [-0.05, 0) is 55.4 Å². The Morgan fingerprint density at radius 1 is 1.08 bits per heavy atom. The first-order valence-corrected chi connectivity index (χ1v) is 13.2. The maximum Gasteiger partial charge on any atom is 0.227 e. The molecule has 1 aliphatic heterocycles. The molecule has 1 fully saturated rings. The topological polar surface area (TPSA) is 73.4 Å². The fraction of sp³-hybridized carbons (Fsp3) is 0.345. The highest BCUT2D eigenvalue weighted by molar-refractivity contribution is 6.32. The summed E-state index contributed by atoms with van der Waals surface area (Å²) in [5.74, 6) is 0.423. The van der Waals surface area contributed by atoms with Crippen LogP contribution >= 0.6 is 11.6 Å². The highest BCUT2D eigenvalue weighted by Gasteiger charge is 2.14. The first-order chi connectivity index (χ1) is 18.0. The van der Waals surface area contributed by atoms with E-state index < -0.39 is 0 Å². The Balaban J connectivity index is 1.34. The molecule has 0 atom stereocenters. The average Bonchev–Trinajstić information content (AvgIpc) is 2.93. The number of ketones is 1. The van der Waals surface area contributed by atoms with Crippen LogP contribution in [0.4, 0.5) is 17.3 Å². The first kappa shape index (κ1) is 26.8. The van der Waals surface area contributed by atoms with E-state index in [0.29, 0.717) is 23.1 Å². The minimum atomic E-state index is -0.0309. The zero-order valence-electron chi connectivity index (χ0n) is 21.4. The van der Waals surface area contributed by atoms with Gasteiger partial charge in [-0.3, -0.25) is 4.79 Å². The number of anilines is 3. The summed E-state index contributed by atoms with van der Waals surface area (Å²) < 4.78 is 0. The van der Waals surface area contributed by atoms with Crippen LogP contribution in [0.25, 0.3) is 11.3 Å². The lowest BCUT2D eigenvalue weighted by Gasteiger charge is -2.34. The van der Waals surface area contributed by atoms with Gasteiger partial charge in [0, 0.05) is 56.1 Å². The van der Waals surface area contributed by atoms with Crippen molar-refractivity contribution in [1.82, 2.24) is 19.8 Å². The third-order valence-corrected chi connectivity index (χ3v) is 6.84. The molecule has 0 spiro atoms. The number of carbonyl (C=O) groups is 1. The Bertz CT molecular complexity index is 1210. The Labute approximate surface area is 224 Å². The molecule has 1 aromatic heterocycles. The predicted octanol–water partition coefficient (Wildman–Crippen LogP) is 5.28. The van der Waals surface area contributed by atoms with Crippen molar-refractivity contribution in [3.05, 3.63) is 78.0 Å². The minimum absolute atomic E-state index is 0.0309. The Morgan fingerprint density at radius 3 is 2.62 bits per heavy atom. The van der Waals surface area contributed by atoms with Gasteiger partial charge in [-0.15, -0.1) is 0 Å². The Hall–Kier alpha value is -3.26. The van der Waals surface area contributed by atoms with E-state index in [1.165, 1.54) is 19.2 Å². The van der Waals surface area contributed by atoms with Crippen LogP contribution in [0.15, 0.2) is 67.4 Å². The minimum Gasteiger partial charge on any atom is -0.385 e. The molecule has 37 heavy (non-hydrogen) atoms. The highest BCUT2D eigenvalue weighted by Crippen LogP contribution is 2.28. The summed E-state index contributed by atoms with van der Waals surface area (Å²) in [4.78, 5) is 25.8. The lowest BCUT2D eigenvalue weighted by atomic mass is 10.0. The average molecular weight is 519 g/mol. The number of likely N-dealkylation sites (N-methyl/N-ethyl adjacent to an activating group) is 1. The summed E-state index contributed by atoms with van der Waals surface area (Å²) >= 11 is 6.43. The van der Waals surface area contributed by atoms with E-state index in [1.54, 1.807) is 6.20 Å². The Kier molecular flexibility index (Phi) is 9.65. The summed E-state index contributed by atoms with van der Waals surface area (Å²) in [7, 11) is 0. The summed E-state index contributed by atoms with van der Waals surface area (Å²) in [6.45, 7) is 13.6. The monoisotopic (exact) mass is 518 g/mol. The second-order valence-corrected chi connectivity index (χ2v) is 9.61. The smallest absolute Gasteiger partial charge is 0.227 e. The number of nitrogens with one attached hydrogen (secondary N) is 2. The van der Waals surface area contributed by atoms with Gasteiger partial charge in [0.2, 0.25) is 5.95 Å². The summed E-state index contributed by atoms with van der Waals surface area (Å²) in [5.41, 5.74) is 4.26. The van der Waals surface area contributed by atoms with Crippen LogP contribution in [-0.2, 0) is 11.2 Å². The number of piperazine rings is 1. The maximum absolute atomic E-state index is 11.8. The zero-order chi connectivity index (χ0) is 26.0. The quantitative estimate of drug-likeness (QED) is 0.250. The molecule has 0 saturated carbocycles. The van der Waals surface area contributed by atoms with Crippen molar-refractivity contribution in [3.63, 3.8) is 0 Å². The number of aromatic nitrogens is 2. The van der Waals surface area contributed by atoms with Gasteiger partial charge in [0.05, 0.1) is 16.9 Å². The van der Waals surface area contributed by atoms with Crippen LogP contribution in [0.2, 0.25) is 5.02 Å². The van der Waals surface area contributed by atoms with Crippen LogP contribution in [0.3, 0.4) is 0 Å². The molecule has 194 valence electrons. The van der Waals surface area contributed by atoms with Crippen LogP contribution < -0.4 is 10.6 Å². The molecule has 3 aromatic rings. The number of allylic oxidation sites excluding steroid dienone is 1. The van der Waals surface area contributed by atoms with Gasteiger partial charge < -0.3 is 20.4 Å². The summed E-state index contributed by atoms with van der Waals surface area (Å²) in [6.07, 6.45) is 4.32. The number of hydrogen-bond acceptors (Lipinski definition) is 7. The van der Waals surface area contributed by atoms with Crippen molar-refractivity contribution in [2.24, 2.45) is 0 Å². The molecule has 4 rings (SSSR count). The highest BCUT2D eigenvalue weighted by atomic mass is 35.5. The number of halogens is 1. The lowest BCUT2D eigenvalue weighted by Crippen LogP contribution is -2.46. The maximum atomic E-state index is 11.8. The van der Waals surface area contributed by atoms with Gasteiger partial charge in [0.15, 0.2) is 5.78 Å². The number of carbonyl (C=O) groups excluding carboxylic acids is 1. The summed E-state index contributed by atoms with van der Waals surface area (Å²) in [5, 5.41) is 7.27. The standard InChI is InChI=1S/C29H35ClN6O/c1-3-26(37)19-22-8-5-9-23(18-22)28-27(30)21-32-29(34-28)33-25-11-6-10-24(20-25)31-12-7-13-36-16-14-35(4-2)15-17-36/h3,5-6,8-11,18,20-21,31H,1,4,7,12-17,19H2,2H3,(H,32,33,34). The predicted molar refractivity (Wildman–Crippen MR) is 153 cm³/mol. The van der Waals surface area contributed by atoms with Gasteiger partial charge in [-0.25, -0.2) is 9.97 Å². The molecule has 0 amide bonds. The van der Waals surface area contributed by atoms with Gasteiger partial charge in [-0.2, -0.15) is 0 Å². The van der Waals surface area contributed by atoms with Crippen LogP contribution in [0, 0.1) is 0 Å². The van der Waals surface area contributed by atoms with Gasteiger partial charge in [0.25, 0.3) is 0 Å². The molecule has 1 aliphatic rings. The SMILES string of the molecule is C=CC(=O)Cc1cccc(-c2nc(Nc3cccc(NCCCN4CCN(CC)CC4)c3)ncc2Cl)c1. The third-order valence-electron chi connectivity index (χ3n) is 6.56. The van der Waals surface area contributed by atoms with Crippen LogP contribution in [-0.4, -0.2) is 71.4 Å². The van der Waals surface area contributed by atoms with E-state index in [-0.39, 0.29) is 5.78 Å². The van der Waals surface area contributed by atoms with E-state index in [9.17, 15) is 4.79 Å². The fourth-order valence-corrected chi connectivity index (χ4v) is 4.63. The second-order valence-electron chi connectivity index (χ2n) is 9.20. The van der Waals surface area contributed by atoms with E-state index in [0.717, 1.165) is 61.6 Å². The number of rotatable bonds is 12. The second kappa shape index (κ2) is 13.3. The molecule has 2 aromatic carbocycles. The largest absolute Gasteiger partial charge is 0.385 e. The van der Waals surface area contributed by atoms with Crippen molar-refractivity contribution in [3.8, 4) is 11.3 Å². The molecule has 2 N–H and O–H groups in total. The van der Waals surface area contributed by atoms with Gasteiger partial charge >= 0.3 is 0 Å². The van der Waals surface area contributed by atoms with Crippen LogP contribution in [0.1, 0.15) is 18.9 Å². The van der Waals surface area contributed by atoms with Crippen molar-refractivity contribution in [1.29, 1.82) is 0 Å². The molecule has 0 unspecified atom stereocenters. The lowest BCUT2D eigenvalue weighted by molar-refractivity contribution is -0.114. The van der Waals surface area contributed by atoms with Crippen LogP contribution in [0.5, 0.6) is 0 Å². The van der Waals surface area contributed by atoms with Crippen molar-refractivity contribution < 1.29 is 4.79 Å². The molecular formula is C29H35ClN6O. The van der Waals surface area contributed by atoms with E-state index in [4.69, 9.17) is 11.6 Å². The Morgan fingerprint density at radius 2 is 1.84 bits per heavy atom. The molecule has 0 aliphatic carbocycles. The van der Waals surface area contributed by atoms with Gasteiger partial charge in [0.1, 0.15) is 0 Å². The van der Waals surface area contributed by atoms with E-state index in [1.807, 2.05) is 36.4 Å². The molecule has 8 heteroatoms. The zero-order valence-corrected chi connectivity index (χ0v) is 22.2. The molecular weight excluding hydrogens is 484 g/mol. The third kappa shape index (κ3) is 7.86. The molecule has 7 nitrogen and oxygen atoms in total. The van der Waals surface area contributed by atoms with E-state index in [2.05, 4.69) is 56.0 Å². The number of hydrogen-bond donors (Lipinski definition) is 2. The van der Waals surface area contributed by atoms with E-state index >= 15 is 0 Å².